The Labute approximate surface area is 172 Å². The molecule has 3 rings (SSSR count). The van der Waals surface area contributed by atoms with E-state index in [1.165, 1.54) is 7.11 Å². The lowest BCUT2D eigenvalue weighted by Gasteiger charge is -2.29. The number of hydrogen-bond acceptors (Lipinski definition) is 5. The van der Waals surface area contributed by atoms with Gasteiger partial charge in [-0.15, -0.1) is 0 Å². The SMILES string of the molecule is COc1cc([C@@H]2NC(=O)NC(C)=C2C(=O)OC2CCCCCC2)cc(Br)c1O. The molecule has 1 aliphatic carbocycles. The van der Waals surface area contributed by atoms with Crippen molar-refractivity contribution in [3.63, 3.8) is 0 Å². The quantitative estimate of drug-likeness (QED) is 0.472. The smallest absolute Gasteiger partial charge is 0.338 e. The van der Waals surface area contributed by atoms with Crippen molar-refractivity contribution in [1.82, 2.24) is 10.6 Å². The number of ether oxygens (including phenoxy) is 2. The molecule has 1 aromatic carbocycles. The van der Waals surface area contributed by atoms with Crippen molar-refractivity contribution < 1.29 is 24.2 Å². The zero-order valence-corrected chi connectivity index (χ0v) is 17.6. The molecule has 2 amide bonds. The lowest BCUT2D eigenvalue weighted by Crippen LogP contribution is -2.45. The summed E-state index contributed by atoms with van der Waals surface area (Å²) in [6, 6.07) is 2.14. The summed E-state index contributed by atoms with van der Waals surface area (Å²) in [6.07, 6.45) is 6.05. The van der Waals surface area contributed by atoms with E-state index < -0.39 is 18.0 Å². The van der Waals surface area contributed by atoms with E-state index >= 15 is 0 Å². The molecular weight excluding hydrogens is 428 g/mol. The highest BCUT2D eigenvalue weighted by Crippen LogP contribution is 2.39. The van der Waals surface area contributed by atoms with E-state index in [9.17, 15) is 14.7 Å². The van der Waals surface area contributed by atoms with Gasteiger partial charge in [-0.2, -0.15) is 0 Å². The van der Waals surface area contributed by atoms with Gasteiger partial charge in [0.15, 0.2) is 11.5 Å². The summed E-state index contributed by atoms with van der Waals surface area (Å²) >= 11 is 3.29. The standard InChI is InChI=1S/C20H25BrN2O5/c1-11-16(19(25)28-13-7-5-3-4-6-8-13)17(23-20(26)22-11)12-9-14(21)18(24)15(10-12)27-2/h9-10,13,17,24H,3-8H2,1-2H3,(H2,22,23,26)/t17-/m0/s1. The van der Waals surface area contributed by atoms with Crippen molar-refractivity contribution in [3.05, 3.63) is 33.4 Å². The molecular formula is C20H25BrN2O5. The van der Waals surface area contributed by atoms with Gasteiger partial charge in [-0.25, -0.2) is 9.59 Å². The van der Waals surface area contributed by atoms with Gasteiger partial charge in [-0.3, -0.25) is 0 Å². The number of nitrogens with one attached hydrogen (secondary N) is 2. The van der Waals surface area contributed by atoms with Crippen LogP contribution in [0.3, 0.4) is 0 Å². The average molecular weight is 453 g/mol. The van der Waals surface area contributed by atoms with Crippen LogP contribution in [0.15, 0.2) is 27.9 Å². The Morgan fingerprint density at radius 3 is 2.54 bits per heavy atom. The van der Waals surface area contributed by atoms with Gasteiger partial charge >= 0.3 is 12.0 Å². The molecule has 0 bridgehead atoms. The minimum atomic E-state index is -0.710. The Kier molecular flexibility index (Phi) is 6.49. The van der Waals surface area contributed by atoms with Crippen LogP contribution < -0.4 is 15.4 Å². The third kappa shape index (κ3) is 4.43. The van der Waals surface area contributed by atoms with Crippen molar-refractivity contribution >= 4 is 27.9 Å². The molecule has 1 atom stereocenters. The number of phenols is 1. The lowest BCUT2D eigenvalue weighted by atomic mass is 9.95. The Hall–Kier alpha value is -2.22. The molecule has 1 saturated carbocycles. The summed E-state index contributed by atoms with van der Waals surface area (Å²) < 4.78 is 11.4. The average Bonchev–Trinajstić information content (AvgIpc) is 2.91. The van der Waals surface area contributed by atoms with Crippen molar-refractivity contribution in [2.75, 3.05) is 7.11 Å². The van der Waals surface area contributed by atoms with E-state index in [1.807, 2.05) is 0 Å². The number of rotatable bonds is 4. The second-order valence-electron chi connectivity index (χ2n) is 7.14. The first kappa shape index (κ1) is 20.5. The van der Waals surface area contributed by atoms with Crippen molar-refractivity contribution in [2.24, 2.45) is 0 Å². The van der Waals surface area contributed by atoms with Crippen LogP contribution in [0, 0.1) is 0 Å². The fourth-order valence-electron chi connectivity index (χ4n) is 3.71. The normalized spacial score (nSPS) is 20.8. The van der Waals surface area contributed by atoms with Crippen LogP contribution in [0.25, 0.3) is 0 Å². The molecule has 1 fully saturated rings. The molecule has 152 valence electrons. The number of urea groups is 1. The van der Waals surface area contributed by atoms with Gasteiger partial charge in [0.05, 0.1) is 23.2 Å². The molecule has 0 saturated heterocycles. The van der Waals surface area contributed by atoms with Crippen LogP contribution in [-0.2, 0) is 9.53 Å². The first-order valence-corrected chi connectivity index (χ1v) is 10.3. The number of allylic oxidation sites excluding steroid dienone is 1. The van der Waals surface area contributed by atoms with Crippen molar-refractivity contribution in [3.8, 4) is 11.5 Å². The van der Waals surface area contributed by atoms with E-state index in [4.69, 9.17) is 9.47 Å². The Bertz CT molecular complexity index is 800. The minimum Gasteiger partial charge on any atom is -0.503 e. The fraction of sp³-hybridized carbons (Fsp3) is 0.500. The van der Waals surface area contributed by atoms with E-state index in [1.54, 1.807) is 19.1 Å². The summed E-state index contributed by atoms with van der Waals surface area (Å²) in [5.74, 6) is -0.244. The zero-order valence-electron chi connectivity index (χ0n) is 16.0. The molecule has 1 aromatic rings. The second kappa shape index (κ2) is 8.86. The number of benzene rings is 1. The molecule has 8 heteroatoms. The summed E-state index contributed by atoms with van der Waals surface area (Å²) in [7, 11) is 1.44. The molecule has 0 spiro atoms. The predicted molar refractivity (Wildman–Crippen MR) is 107 cm³/mol. The topological polar surface area (TPSA) is 96.9 Å². The summed E-state index contributed by atoms with van der Waals surface area (Å²) in [4.78, 5) is 25.1. The fourth-order valence-corrected chi connectivity index (χ4v) is 4.16. The number of hydrogen-bond donors (Lipinski definition) is 3. The number of esters is 1. The molecule has 0 radical (unpaired) electrons. The summed E-state index contributed by atoms with van der Waals surface area (Å²) in [5.41, 5.74) is 1.41. The van der Waals surface area contributed by atoms with Crippen molar-refractivity contribution in [2.45, 2.75) is 57.6 Å². The third-order valence-corrected chi connectivity index (χ3v) is 5.77. The largest absolute Gasteiger partial charge is 0.503 e. The van der Waals surface area contributed by atoms with Crippen LogP contribution in [0.1, 0.15) is 57.1 Å². The molecule has 7 nitrogen and oxygen atoms in total. The molecule has 28 heavy (non-hydrogen) atoms. The van der Waals surface area contributed by atoms with E-state index in [-0.39, 0.29) is 17.6 Å². The Morgan fingerprint density at radius 1 is 1.21 bits per heavy atom. The Morgan fingerprint density at radius 2 is 1.89 bits per heavy atom. The number of carbonyl (C=O) groups is 2. The molecule has 1 heterocycles. The van der Waals surface area contributed by atoms with E-state index in [2.05, 4.69) is 26.6 Å². The number of phenolic OH excluding ortho intramolecular Hbond substituents is 1. The lowest BCUT2D eigenvalue weighted by molar-refractivity contribution is -0.145. The highest BCUT2D eigenvalue weighted by atomic mass is 79.9. The number of amides is 2. The van der Waals surface area contributed by atoms with Gasteiger partial charge in [-0.1, -0.05) is 12.8 Å². The Balaban J connectivity index is 1.92. The van der Waals surface area contributed by atoms with Crippen LogP contribution in [-0.4, -0.2) is 30.3 Å². The highest BCUT2D eigenvalue weighted by molar-refractivity contribution is 9.10. The third-order valence-electron chi connectivity index (χ3n) is 5.17. The maximum absolute atomic E-state index is 13.0. The van der Waals surface area contributed by atoms with Gasteiger partial charge in [0.1, 0.15) is 6.10 Å². The maximum atomic E-state index is 13.0. The van der Waals surface area contributed by atoms with Crippen LogP contribution in [0.5, 0.6) is 11.5 Å². The molecule has 0 unspecified atom stereocenters. The predicted octanol–water partition coefficient (Wildman–Crippen LogP) is 4.06. The van der Waals surface area contributed by atoms with Gasteiger partial charge in [0.25, 0.3) is 0 Å². The molecule has 3 N–H and O–H groups in total. The molecule has 2 aliphatic rings. The highest BCUT2D eigenvalue weighted by Gasteiger charge is 2.34. The number of aromatic hydroxyl groups is 1. The first-order valence-electron chi connectivity index (χ1n) is 9.46. The van der Waals surface area contributed by atoms with E-state index in [0.29, 0.717) is 21.3 Å². The zero-order chi connectivity index (χ0) is 20.3. The van der Waals surface area contributed by atoms with Gasteiger partial charge < -0.3 is 25.2 Å². The monoisotopic (exact) mass is 452 g/mol. The van der Waals surface area contributed by atoms with Crippen molar-refractivity contribution in [1.29, 1.82) is 0 Å². The summed E-state index contributed by atoms with van der Waals surface area (Å²) in [6.45, 7) is 1.68. The maximum Gasteiger partial charge on any atom is 0.338 e. The summed E-state index contributed by atoms with van der Waals surface area (Å²) in [5, 5.41) is 15.5. The molecule has 1 aliphatic heterocycles. The first-order chi connectivity index (χ1) is 13.4. The van der Waals surface area contributed by atoms with Crippen LogP contribution in [0.4, 0.5) is 4.79 Å². The minimum absolute atomic E-state index is 0.0465. The molecule has 0 aromatic heterocycles. The second-order valence-corrected chi connectivity index (χ2v) is 8.00. The number of methoxy groups -OCH3 is 1. The van der Waals surface area contributed by atoms with Gasteiger partial charge in [-0.05, 0) is 66.2 Å². The van der Waals surface area contributed by atoms with Gasteiger partial charge in [0.2, 0.25) is 0 Å². The van der Waals surface area contributed by atoms with E-state index in [0.717, 1.165) is 38.5 Å². The number of halogens is 1. The number of carbonyl (C=O) groups excluding carboxylic acids is 2. The van der Waals surface area contributed by atoms with Gasteiger partial charge in [0, 0.05) is 5.70 Å². The van der Waals surface area contributed by atoms with Crippen LogP contribution in [0.2, 0.25) is 0 Å². The van der Waals surface area contributed by atoms with Crippen LogP contribution >= 0.6 is 15.9 Å².